The number of ether oxygens (including phenoxy) is 1. The van der Waals surface area contributed by atoms with Crippen LogP contribution in [0, 0.1) is 16.0 Å². The number of carbonyl (C=O) groups excluding carboxylic acids is 1. The third-order valence-corrected chi connectivity index (χ3v) is 3.53. The zero-order valence-electron chi connectivity index (χ0n) is 12.0. The van der Waals surface area contributed by atoms with E-state index in [9.17, 15) is 14.9 Å². The van der Waals surface area contributed by atoms with Gasteiger partial charge in [-0.15, -0.1) is 0 Å². The third-order valence-electron chi connectivity index (χ3n) is 3.53. The van der Waals surface area contributed by atoms with E-state index in [0.29, 0.717) is 6.42 Å². The number of rotatable bonds is 4. The molecule has 1 saturated carbocycles. The summed E-state index contributed by atoms with van der Waals surface area (Å²) in [5.74, 6) is -1.02. The lowest BCUT2D eigenvalue weighted by atomic mass is 9.87. The maximum atomic E-state index is 11.6. The average Bonchev–Trinajstić information content (AvgIpc) is 3.15. The van der Waals surface area contributed by atoms with Gasteiger partial charge in [0.15, 0.2) is 0 Å². The Bertz CT molecular complexity index is 516. The molecule has 0 aliphatic heterocycles. The van der Waals surface area contributed by atoms with Crippen LogP contribution in [0.2, 0.25) is 0 Å². The van der Waals surface area contributed by atoms with Crippen LogP contribution in [0.25, 0.3) is 0 Å². The molecule has 1 aromatic rings. The van der Waals surface area contributed by atoms with Crippen molar-refractivity contribution in [2.75, 3.05) is 0 Å². The van der Waals surface area contributed by atoms with Crippen LogP contribution in [-0.4, -0.2) is 16.9 Å². The van der Waals surface area contributed by atoms with Crippen molar-refractivity contribution in [3.8, 4) is 0 Å². The topological polar surface area (TPSA) is 69.4 Å². The molecule has 2 rings (SSSR count). The summed E-state index contributed by atoms with van der Waals surface area (Å²) >= 11 is 0. The number of nitrogens with zero attached hydrogens (tertiary/aromatic N) is 1. The summed E-state index contributed by atoms with van der Waals surface area (Å²) in [5, 5.41) is 10.5. The molecule has 0 saturated heterocycles. The van der Waals surface area contributed by atoms with Crippen molar-refractivity contribution in [1.82, 2.24) is 0 Å². The lowest BCUT2D eigenvalue weighted by Gasteiger charge is -2.19. The van der Waals surface area contributed by atoms with E-state index in [1.54, 1.807) is 0 Å². The van der Waals surface area contributed by atoms with Crippen LogP contribution in [0.1, 0.15) is 38.3 Å². The normalized spacial score (nSPS) is 21.4. The van der Waals surface area contributed by atoms with Crippen LogP contribution in [0.5, 0.6) is 0 Å². The first kappa shape index (κ1) is 14.5. The summed E-state index contributed by atoms with van der Waals surface area (Å²) in [6.45, 7) is 6.57. The molecule has 1 aromatic carbocycles. The molecule has 108 valence electrons. The molecule has 0 radical (unpaired) electrons. The minimum atomic E-state index is -0.745. The molecular weight excluding hydrogens is 258 g/mol. The molecule has 5 heteroatoms. The maximum absolute atomic E-state index is 11.6. The Morgan fingerprint density at radius 3 is 2.40 bits per heavy atom. The highest BCUT2D eigenvalue weighted by molar-refractivity contribution is 5.76. The summed E-state index contributed by atoms with van der Waals surface area (Å²) in [5.41, 5.74) is 2.19. The van der Waals surface area contributed by atoms with E-state index in [4.69, 9.17) is 4.74 Å². The number of nitro groups is 1. The van der Waals surface area contributed by atoms with Crippen LogP contribution in [-0.2, 0) is 21.6 Å². The van der Waals surface area contributed by atoms with E-state index in [1.807, 2.05) is 24.3 Å². The number of benzene rings is 1. The summed E-state index contributed by atoms with van der Waals surface area (Å²) in [7, 11) is 0. The molecule has 0 spiro atoms. The van der Waals surface area contributed by atoms with E-state index in [-0.39, 0.29) is 12.0 Å². The molecule has 0 amide bonds. The van der Waals surface area contributed by atoms with Crippen LogP contribution < -0.4 is 0 Å². The van der Waals surface area contributed by atoms with Gasteiger partial charge in [-0.05, 0) is 16.5 Å². The molecule has 2 atom stereocenters. The van der Waals surface area contributed by atoms with Crippen LogP contribution in [0.3, 0.4) is 0 Å². The second kappa shape index (κ2) is 5.23. The SMILES string of the molecule is CC(C)(C)c1ccc(COC(=O)C2CC2[N+](=O)[O-])cc1. The Morgan fingerprint density at radius 2 is 1.95 bits per heavy atom. The average molecular weight is 277 g/mol. The Balaban J connectivity index is 1.86. The van der Waals surface area contributed by atoms with Crippen LogP contribution >= 0.6 is 0 Å². The zero-order chi connectivity index (χ0) is 14.9. The molecule has 2 unspecified atom stereocenters. The van der Waals surface area contributed by atoms with Crippen molar-refractivity contribution in [1.29, 1.82) is 0 Å². The molecule has 0 aromatic heterocycles. The van der Waals surface area contributed by atoms with Gasteiger partial charge in [-0.1, -0.05) is 45.0 Å². The fourth-order valence-corrected chi connectivity index (χ4v) is 2.03. The van der Waals surface area contributed by atoms with Crippen molar-refractivity contribution in [3.63, 3.8) is 0 Å². The minimum Gasteiger partial charge on any atom is -0.460 e. The van der Waals surface area contributed by atoms with Gasteiger partial charge in [-0.2, -0.15) is 0 Å². The van der Waals surface area contributed by atoms with Gasteiger partial charge in [0, 0.05) is 11.3 Å². The second-order valence-electron chi connectivity index (χ2n) is 6.25. The standard InChI is InChI=1S/C15H19NO4/c1-15(2,3)11-6-4-10(5-7-11)9-20-14(17)12-8-13(12)16(18)19/h4-7,12-13H,8-9H2,1-3H3. The summed E-state index contributed by atoms with van der Waals surface area (Å²) in [4.78, 5) is 21.7. The molecule has 1 aliphatic carbocycles. The van der Waals surface area contributed by atoms with Gasteiger partial charge in [0.1, 0.15) is 12.5 Å². The monoisotopic (exact) mass is 277 g/mol. The number of carbonyl (C=O) groups is 1. The largest absolute Gasteiger partial charge is 0.460 e. The third kappa shape index (κ3) is 3.35. The fraction of sp³-hybridized carbons (Fsp3) is 0.533. The molecular formula is C15H19NO4. The van der Waals surface area contributed by atoms with Crippen molar-refractivity contribution in [2.24, 2.45) is 5.92 Å². The zero-order valence-corrected chi connectivity index (χ0v) is 12.0. The van der Waals surface area contributed by atoms with Crippen molar-refractivity contribution in [3.05, 3.63) is 45.5 Å². The highest BCUT2D eigenvalue weighted by Crippen LogP contribution is 2.34. The molecule has 0 N–H and O–H groups in total. The molecule has 5 nitrogen and oxygen atoms in total. The van der Waals surface area contributed by atoms with Gasteiger partial charge >= 0.3 is 5.97 Å². The predicted octanol–water partition coefficient (Wildman–Crippen LogP) is 2.69. The number of hydrogen-bond donors (Lipinski definition) is 0. The quantitative estimate of drug-likeness (QED) is 0.482. The van der Waals surface area contributed by atoms with Gasteiger partial charge in [0.2, 0.25) is 6.04 Å². The summed E-state index contributed by atoms with van der Waals surface area (Å²) < 4.78 is 5.11. The van der Waals surface area contributed by atoms with E-state index in [0.717, 1.165) is 5.56 Å². The Labute approximate surface area is 118 Å². The van der Waals surface area contributed by atoms with Crippen LogP contribution in [0.4, 0.5) is 0 Å². The fourth-order valence-electron chi connectivity index (χ4n) is 2.03. The van der Waals surface area contributed by atoms with Gasteiger partial charge in [0.05, 0.1) is 0 Å². The van der Waals surface area contributed by atoms with Gasteiger partial charge in [-0.25, -0.2) is 0 Å². The van der Waals surface area contributed by atoms with Crippen molar-refractivity contribution in [2.45, 2.75) is 45.3 Å². The molecule has 0 bridgehead atoms. The first-order chi connectivity index (χ1) is 9.29. The summed E-state index contributed by atoms with van der Waals surface area (Å²) in [6.07, 6.45) is 0.300. The molecule has 1 aliphatic rings. The minimum absolute atomic E-state index is 0.0855. The second-order valence-corrected chi connectivity index (χ2v) is 6.25. The maximum Gasteiger partial charge on any atom is 0.316 e. The number of hydrogen-bond acceptors (Lipinski definition) is 4. The lowest BCUT2D eigenvalue weighted by Crippen LogP contribution is -2.14. The molecule has 0 heterocycles. The summed E-state index contributed by atoms with van der Waals surface area (Å²) in [6, 6.07) is 7.13. The smallest absolute Gasteiger partial charge is 0.316 e. The van der Waals surface area contributed by atoms with E-state index in [1.165, 1.54) is 5.56 Å². The highest BCUT2D eigenvalue weighted by atomic mass is 16.6. The molecule has 20 heavy (non-hydrogen) atoms. The Hall–Kier alpha value is -1.91. The first-order valence-corrected chi connectivity index (χ1v) is 6.68. The van der Waals surface area contributed by atoms with E-state index < -0.39 is 22.9 Å². The van der Waals surface area contributed by atoms with Crippen molar-refractivity contribution < 1.29 is 14.5 Å². The first-order valence-electron chi connectivity index (χ1n) is 6.68. The van der Waals surface area contributed by atoms with Gasteiger partial charge in [0.25, 0.3) is 0 Å². The van der Waals surface area contributed by atoms with Crippen LogP contribution in [0.15, 0.2) is 24.3 Å². The predicted molar refractivity (Wildman–Crippen MR) is 73.8 cm³/mol. The van der Waals surface area contributed by atoms with Gasteiger partial charge < -0.3 is 4.74 Å². The Kier molecular flexibility index (Phi) is 3.79. The lowest BCUT2D eigenvalue weighted by molar-refractivity contribution is -0.497. The number of esters is 1. The van der Waals surface area contributed by atoms with Gasteiger partial charge in [-0.3, -0.25) is 14.9 Å². The van der Waals surface area contributed by atoms with Crippen molar-refractivity contribution >= 4 is 5.97 Å². The Morgan fingerprint density at radius 1 is 1.35 bits per heavy atom. The molecule has 1 fully saturated rings. The van der Waals surface area contributed by atoms with E-state index in [2.05, 4.69) is 20.8 Å². The highest BCUT2D eigenvalue weighted by Gasteiger charge is 2.54. The van der Waals surface area contributed by atoms with E-state index >= 15 is 0 Å².